The summed E-state index contributed by atoms with van der Waals surface area (Å²) in [5.74, 6) is -0.507. The summed E-state index contributed by atoms with van der Waals surface area (Å²) in [5.41, 5.74) is 0.352. The van der Waals surface area contributed by atoms with Crippen LogP contribution in [0.4, 0.5) is 0 Å². The number of aliphatic hydroxyl groups excluding tert-OH is 4. The second-order valence-corrected chi connectivity index (χ2v) is 4.59. The molecular formula is C13H17NO6. The van der Waals surface area contributed by atoms with E-state index in [2.05, 4.69) is 5.32 Å². The lowest BCUT2D eigenvalue weighted by molar-refractivity contribution is -0.252. The number of hydrogen-bond donors (Lipinski definition) is 5. The Morgan fingerprint density at radius 1 is 1.15 bits per heavy atom. The maximum atomic E-state index is 11.9. The van der Waals surface area contributed by atoms with Gasteiger partial charge in [0.25, 0.3) is 5.91 Å². The molecule has 1 aliphatic heterocycles. The lowest BCUT2D eigenvalue weighted by Gasteiger charge is -2.40. The van der Waals surface area contributed by atoms with Crippen molar-refractivity contribution in [2.45, 2.75) is 30.6 Å². The van der Waals surface area contributed by atoms with Crippen LogP contribution in [0, 0.1) is 0 Å². The quantitative estimate of drug-likeness (QED) is 0.447. The molecule has 0 saturated carbocycles. The van der Waals surface area contributed by atoms with Crippen molar-refractivity contribution in [1.29, 1.82) is 0 Å². The Balaban J connectivity index is 2.07. The van der Waals surface area contributed by atoms with Gasteiger partial charge in [0.2, 0.25) is 0 Å². The number of hydrogen-bond acceptors (Lipinski definition) is 6. The summed E-state index contributed by atoms with van der Waals surface area (Å²) in [4.78, 5) is 11.9. The molecule has 1 amide bonds. The normalized spacial score (nSPS) is 33.7. The summed E-state index contributed by atoms with van der Waals surface area (Å²) < 4.78 is 4.95. The second-order valence-electron chi connectivity index (χ2n) is 4.59. The number of nitrogens with one attached hydrogen (secondary N) is 1. The smallest absolute Gasteiger partial charge is 0.251 e. The molecule has 0 aliphatic carbocycles. The number of carbonyl (C=O) groups is 1. The van der Waals surface area contributed by atoms with E-state index in [9.17, 15) is 20.1 Å². The van der Waals surface area contributed by atoms with Crippen LogP contribution in [0.2, 0.25) is 0 Å². The highest BCUT2D eigenvalue weighted by Crippen LogP contribution is 2.20. The molecule has 20 heavy (non-hydrogen) atoms. The highest BCUT2D eigenvalue weighted by molar-refractivity contribution is 5.94. The first-order chi connectivity index (χ1) is 9.54. The second kappa shape index (κ2) is 6.29. The van der Waals surface area contributed by atoms with Crippen LogP contribution in [-0.2, 0) is 4.74 Å². The van der Waals surface area contributed by atoms with Gasteiger partial charge >= 0.3 is 0 Å². The number of ether oxygens (including phenoxy) is 1. The van der Waals surface area contributed by atoms with Gasteiger partial charge < -0.3 is 30.5 Å². The van der Waals surface area contributed by atoms with E-state index in [4.69, 9.17) is 9.84 Å². The van der Waals surface area contributed by atoms with E-state index in [1.807, 2.05) is 0 Å². The Hall–Kier alpha value is -1.51. The zero-order chi connectivity index (χ0) is 14.7. The van der Waals surface area contributed by atoms with Crippen LogP contribution in [0.3, 0.4) is 0 Å². The van der Waals surface area contributed by atoms with Crippen molar-refractivity contribution in [2.75, 3.05) is 6.61 Å². The number of amides is 1. The summed E-state index contributed by atoms with van der Waals surface area (Å²) in [7, 11) is 0. The van der Waals surface area contributed by atoms with Gasteiger partial charge in [-0.05, 0) is 12.1 Å². The molecule has 2 rings (SSSR count). The van der Waals surface area contributed by atoms with Crippen LogP contribution in [-0.4, -0.2) is 63.6 Å². The highest BCUT2D eigenvalue weighted by Gasteiger charge is 2.44. The van der Waals surface area contributed by atoms with Crippen LogP contribution in [0.1, 0.15) is 10.4 Å². The summed E-state index contributed by atoms with van der Waals surface area (Å²) >= 11 is 0. The van der Waals surface area contributed by atoms with E-state index >= 15 is 0 Å². The monoisotopic (exact) mass is 283 g/mol. The Labute approximate surface area is 115 Å². The minimum Gasteiger partial charge on any atom is -0.394 e. The number of rotatable bonds is 3. The molecule has 110 valence electrons. The molecule has 1 aliphatic rings. The van der Waals surface area contributed by atoms with Gasteiger partial charge in [-0.15, -0.1) is 0 Å². The Kier molecular flexibility index (Phi) is 4.69. The van der Waals surface area contributed by atoms with Crippen molar-refractivity contribution in [3.05, 3.63) is 35.9 Å². The minimum atomic E-state index is -1.52. The van der Waals surface area contributed by atoms with Gasteiger partial charge in [-0.2, -0.15) is 0 Å². The molecule has 0 radical (unpaired) electrons. The van der Waals surface area contributed by atoms with E-state index < -0.39 is 43.2 Å². The molecule has 5 N–H and O–H groups in total. The SMILES string of the molecule is O=C(N[C@@H]1[C@@H](O)[C@@H](O)[C@@H](CO)O[C@H]1O)c1ccccc1. The summed E-state index contributed by atoms with van der Waals surface area (Å²) in [6.07, 6.45) is -5.45. The Morgan fingerprint density at radius 2 is 1.80 bits per heavy atom. The summed E-state index contributed by atoms with van der Waals surface area (Å²) in [6.45, 7) is -0.547. The van der Waals surface area contributed by atoms with Crippen molar-refractivity contribution in [3.63, 3.8) is 0 Å². The van der Waals surface area contributed by atoms with E-state index in [1.54, 1.807) is 30.3 Å². The molecule has 0 spiro atoms. The van der Waals surface area contributed by atoms with Crippen LogP contribution in [0.5, 0.6) is 0 Å². The lowest BCUT2D eigenvalue weighted by atomic mass is 9.97. The van der Waals surface area contributed by atoms with Gasteiger partial charge in [-0.1, -0.05) is 18.2 Å². The van der Waals surface area contributed by atoms with Crippen LogP contribution >= 0.6 is 0 Å². The van der Waals surface area contributed by atoms with Crippen molar-refractivity contribution in [3.8, 4) is 0 Å². The Morgan fingerprint density at radius 3 is 2.40 bits per heavy atom. The molecule has 1 aromatic carbocycles. The van der Waals surface area contributed by atoms with E-state index in [-0.39, 0.29) is 0 Å². The molecule has 1 fully saturated rings. The van der Waals surface area contributed by atoms with Crippen LogP contribution in [0.25, 0.3) is 0 Å². The van der Waals surface area contributed by atoms with Gasteiger partial charge in [0.1, 0.15) is 24.4 Å². The predicted octanol–water partition coefficient (Wildman–Crippen LogP) is -1.78. The summed E-state index contributed by atoms with van der Waals surface area (Å²) in [5, 5.41) is 40.7. The maximum absolute atomic E-state index is 11.9. The van der Waals surface area contributed by atoms with Gasteiger partial charge in [-0.25, -0.2) is 0 Å². The van der Waals surface area contributed by atoms with Crippen LogP contribution in [0.15, 0.2) is 30.3 Å². The first kappa shape index (κ1) is 14.9. The standard InChI is InChI=1S/C13H17NO6/c15-6-8-10(16)11(17)9(13(19)20-8)14-12(18)7-4-2-1-3-5-7/h1-5,8-11,13,15-17,19H,6H2,(H,14,18)/t8-,9-,10+,11-,13-/m1/s1. The lowest BCUT2D eigenvalue weighted by Crippen LogP contribution is -2.64. The number of carbonyl (C=O) groups excluding carboxylic acids is 1. The zero-order valence-corrected chi connectivity index (χ0v) is 10.6. The molecule has 5 atom stereocenters. The first-order valence-electron chi connectivity index (χ1n) is 6.21. The molecular weight excluding hydrogens is 266 g/mol. The fraction of sp³-hybridized carbons (Fsp3) is 0.462. The van der Waals surface area contributed by atoms with Gasteiger partial charge in [0, 0.05) is 5.56 Å². The minimum absolute atomic E-state index is 0.352. The van der Waals surface area contributed by atoms with E-state index in [1.165, 1.54) is 0 Å². The zero-order valence-electron chi connectivity index (χ0n) is 10.6. The van der Waals surface area contributed by atoms with E-state index in [0.717, 1.165) is 0 Å². The number of aliphatic hydroxyl groups is 4. The first-order valence-corrected chi connectivity index (χ1v) is 6.21. The van der Waals surface area contributed by atoms with Crippen LogP contribution < -0.4 is 5.32 Å². The van der Waals surface area contributed by atoms with E-state index in [0.29, 0.717) is 5.56 Å². The molecule has 7 heteroatoms. The molecule has 1 aromatic rings. The van der Waals surface area contributed by atoms with Crippen molar-refractivity contribution in [2.24, 2.45) is 0 Å². The predicted molar refractivity (Wildman–Crippen MR) is 67.7 cm³/mol. The van der Waals surface area contributed by atoms with Gasteiger partial charge in [-0.3, -0.25) is 4.79 Å². The third kappa shape index (κ3) is 2.97. The molecule has 1 heterocycles. The average molecular weight is 283 g/mol. The third-order valence-electron chi connectivity index (χ3n) is 3.23. The molecule has 0 aromatic heterocycles. The molecule has 1 saturated heterocycles. The molecule has 0 unspecified atom stereocenters. The molecule has 0 bridgehead atoms. The molecule has 7 nitrogen and oxygen atoms in total. The maximum Gasteiger partial charge on any atom is 0.251 e. The van der Waals surface area contributed by atoms with Crippen molar-refractivity contribution < 1.29 is 30.0 Å². The Bertz CT molecular complexity index is 453. The van der Waals surface area contributed by atoms with Crippen molar-refractivity contribution in [1.82, 2.24) is 5.32 Å². The average Bonchev–Trinajstić information content (AvgIpc) is 2.48. The van der Waals surface area contributed by atoms with Gasteiger partial charge in [0.15, 0.2) is 6.29 Å². The summed E-state index contributed by atoms with van der Waals surface area (Å²) in [6, 6.07) is 7.07. The third-order valence-corrected chi connectivity index (χ3v) is 3.23. The highest BCUT2D eigenvalue weighted by atomic mass is 16.6. The topological polar surface area (TPSA) is 119 Å². The fourth-order valence-corrected chi connectivity index (χ4v) is 2.08. The largest absolute Gasteiger partial charge is 0.394 e. The van der Waals surface area contributed by atoms with Gasteiger partial charge in [0.05, 0.1) is 6.61 Å². The van der Waals surface area contributed by atoms with Crippen molar-refractivity contribution >= 4 is 5.91 Å². The number of benzene rings is 1. The fourth-order valence-electron chi connectivity index (χ4n) is 2.08.